The Morgan fingerprint density at radius 2 is 1.88 bits per heavy atom. The van der Waals surface area contributed by atoms with Gasteiger partial charge in [0.25, 0.3) is 0 Å². The standard InChI is InChI=1S/C11H7BrCl2N2/c12-9-3-8(1-2-10(9)14)11-15-5-7(4-13)6-16-11/h1-3,5-6H,4H2. The predicted octanol–water partition coefficient (Wildman–Crippen LogP) is 4.30. The minimum Gasteiger partial charge on any atom is -0.236 e. The zero-order valence-electron chi connectivity index (χ0n) is 8.12. The molecule has 2 rings (SSSR count). The quantitative estimate of drug-likeness (QED) is 0.772. The molecule has 0 saturated carbocycles. The minimum atomic E-state index is 0.421. The third-order valence-corrected chi connectivity index (χ3v) is 3.56. The highest BCUT2D eigenvalue weighted by Gasteiger charge is 2.04. The average Bonchev–Trinajstić information content (AvgIpc) is 2.33. The van der Waals surface area contributed by atoms with Crippen LogP contribution in [0, 0.1) is 0 Å². The SMILES string of the molecule is ClCc1cnc(-c2ccc(Cl)c(Br)c2)nc1. The van der Waals surface area contributed by atoms with E-state index in [2.05, 4.69) is 25.9 Å². The molecule has 0 aliphatic rings. The summed E-state index contributed by atoms with van der Waals surface area (Å²) in [5, 5.41) is 0.668. The Morgan fingerprint density at radius 1 is 1.19 bits per heavy atom. The number of alkyl halides is 1. The Labute approximate surface area is 112 Å². The lowest BCUT2D eigenvalue weighted by Crippen LogP contribution is -1.90. The first-order valence-electron chi connectivity index (χ1n) is 4.53. The summed E-state index contributed by atoms with van der Waals surface area (Å²) in [5.74, 6) is 1.08. The lowest BCUT2D eigenvalue weighted by Gasteiger charge is -2.02. The third-order valence-electron chi connectivity index (χ3n) is 2.04. The van der Waals surface area contributed by atoms with Crippen LogP contribution in [0.25, 0.3) is 11.4 Å². The molecule has 0 bridgehead atoms. The second-order valence-corrected chi connectivity index (χ2v) is 4.71. The summed E-state index contributed by atoms with van der Waals surface area (Å²) < 4.78 is 0.830. The highest BCUT2D eigenvalue weighted by Crippen LogP contribution is 2.27. The minimum absolute atomic E-state index is 0.421. The Balaban J connectivity index is 2.38. The van der Waals surface area contributed by atoms with E-state index in [1.807, 2.05) is 12.1 Å². The Bertz CT molecular complexity index is 500. The number of halogens is 3. The summed E-state index contributed by atoms with van der Waals surface area (Å²) in [6.07, 6.45) is 3.44. The van der Waals surface area contributed by atoms with Gasteiger partial charge in [0.1, 0.15) is 0 Å². The lowest BCUT2D eigenvalue weighted by molar-refractivity contribution is 1.13. The molecule has 16 heavy (non-hydrogen) atoms. The highest BCUT2D eigenvalue weighted by atomic mass is 79.9. The van der Waals surface area contributed by atoms with Gasteiger partial charge in [-0.2, -0.15) is 0 Å². The fraction of sp³-hybridized carbons (Fsp3) is 0.0909. The van der Waals surface area contributed by atoms with Crippen molar-refractivity contribution in [2.75, 3.05) is 0 Å². The third kappa shape index (κ3) is 2.54. The van der Waals surface area contributed by atoms with Gasteiger partial charge in [-0.15, -0.1) is 11.6 Å². The maximum absolute atomic E-state index is 5.91. The molecule has 0 spiro atoms. The summed E-state index contributed by atoms with van der Waals surface area (Å²) in [4.78, 5) is 8.46. The molecule has 0 fully saturated rings. The van der Waals surface area contributed by atoms with Crippen LogP contribution < -0.4 is 0 Å². The normalized spacial score (nSPS) is 10.4. The molecular weight excluding hydrogens is 311 g/mol. The van der Waals surface area contributed by atoms with E-state index in [0.29, 0.717) is 16.7 Å². The molecule has 0 unspecified atom stereocenters. The Hall–Kier alpha value is -0.640. The van der Waals surface area contributed by atoms with Crippen LogP contribution in [0.4, 0.5) is 0 Å². The van der Waals surface area contributed by atoms with Gasteiger partial charge in [0.2, 0.25) is 0 Å². The van der Waals surface area contributed by atoms with E-state index < -0.39 is 0 Å². The zero-order valence-corrected chi connectivity index (χ0v) is 11.2. The van der Waals surface area contributed by atoms with Gasteiger partial charge in [-0.25, -0.2) is 9.97 Å². The van der Waals surface area contributed by atoms with Crippen molar-refractivity contribution >= 4 is 39.1 Å². The monoisotopic (exact) mass is 316 g/mol. The molecule has 1 heterocycles. The lowest BCUT2D eigenvalue weighted by atomic mass is 10.2. The molecule has 2 aromatic rings. The zero-order chi connectivity index (χ0) is 11.5. The van der Waals surface area contributed by atoms with E-state index in [4.69, 9.17) is 23.2 Å². The molecule has 1 aromatic heterocycles. The van der Waals surface area contributed by atoms with Crippen molar-refractivity contribution in [3.63, 3.8) is 0 Å². The summed E-state index contributed by atoms with van der Waals surface area (Å²) in [5.41, 5.74) is 1.82. The molecule has 0 aliphatic heterocycles. The van der Waals surface area contributed by atoms with Crippen LogP contribution in [0.2, 0.25) is 5.02 Å². The molecule has 1 aromatic carbocycles. The van der Waals surface area contributed by atoms with Crippen molar-refractivity contribution < 1.29 is 0 Å². The van der Waals surface area contributed by atoms with Crippen molar-refractivity contribution in [3.05, 3.63) is 45.7 Å². The van der Waals surface area contributed by atoms with Gasteiger partial charge in [-0.1, -0.05) is 11.6 Å². The van der Waals surface area contributed by atoms with E-state index in [1.165, 1.54) is 0 Å². The number of rotatable bonds is 2. The summed E-state index contributed by atoms with van der Waals surface area (Å²) in [6.45, 7) is 0. The molecule has 0 amide bonds. The number of hydrogen-bond donors (Lipinski definition) is 0. The van der Waals surface area contributed by atoms with Gasteiger partial charge < -0.3 is 0 Å². The summed E-state index contributed by atoms with van der Waals surface area (Å²) >= 11 is 14.9. The van der Waals surface area contributed by atoms with E-state index in [-0.39, 0.29) is 0 Å². The van der Waals surface area contributed by atoms with Gasteiger partial charge >= 0.3 is 0 Å². The predicted molar refractivity (Wildman–Crippen MR) is 69.7 cm³/mol. The topological polar surface area (TPSA) is 25.8 Å². The maximum Gasteiger partial charge on any atom is 0.159 e. The van der Waals surface area contributed by atoms with Crippen LogP contribution >= 0.6 is 39.1 Å². The molecule has 0 N–H and O–H groups in total. The van der Waals surface area contributed by atoms with E-state index in [1.54, 1.807) is 18.5 Å². The fourth-order valence-corrected chi connectivity index (χ4v) is 1.84. The summed E-state index contributed by atoms with van der Waals surface area (Å²) in [7, 11) is 0. The van der Waals surface area contributed by atoms with E-state index in [9.17, 15) is 0 Å². The molecule has 0 aliphatic carbocycles. The number of aromatic nitrogens is 2. The molecular formula is C11H7BrCl2N2. The van der Waals surface area contributed by atoms with E-state index >= 15 is 0 Å². The van der Waals surface area contributed by atoms with Gasteiger partial charge in [0.15, 0.2) is 5.82 Å². The molecule has 0 saturated heterocycles. The first-order valence-corrected chi connectivity index (χ1v) is 6.23. The van der Waals surface area contributed by atoms with Crippen LogP contribution in [0.15, 0.2) is 35.1 Å². The molecule has 0 atom stereocenters. The first-order chi connectivity index (χ1) is 7.70. The van der Waals surface area contributed by atoms with Crippen molar-refractivity contribution in [2.24, 2.45) is 0 Å². The van der Waals surface area contributed by atoms with Gasteiger partial charge in [-0.3, -0.25) is 0 Å². The number of nitrogens with zero attached hydrogens (tertiary/aromatic N) is 2. The van der Waals surface area contributed by atoms with Crippen molar-refractivity contribution in [3.8, 4) is 11.4 Å². The Morgan fingerprint density at radius 3 is 2.44 bits per heavy atom. The van der Waals surface area contributed by atoms with Crippen LogP contribution in [0.5, 0.6) is 0 Å². The van der Waals surface area contributed by atoms with Crippen LogP contribution in [0.1, 0.15) is 5.56 Å². The summed E-state index contributed by atoms with van der Waals surface area (Å²) in [6, 6.07) is 5.57. The highest BCUT2D eigenvalue weighted by molar-refractivity contribution is 9.10. The van der Waals surface area contributed by atoms with Crippen LogP contribution in [-0.2, 0) is 5.88 Å². The van der Waals surface area contributed by atoms with Crippen LogP contribution in [-0.4, -0.2) is 9.97 Å². The largest absolute Gasteiger partial charge is 0.236 e. The van der Waals surface area contributed by atoms with Crippen molar-refractivity contribution in [2.45, 2.75) is 5.88 Å². The number of hydrogen-bond acceptors (Lipinski definition) is 2. The molecule has 5 heteroatoms. The van der Waals surface area contributed by atoms with Gasteiger partial charge in [0.05, 0.1) is 10.9 Å². The smallest absolute Gasteiger partial charge is 0.159 e. The van der Waals surface area contributed by atoms with Crippen LogP contribution in [0.3, 0.4) is 0 Å². The van der Waals surface area contributed by atoms with Gasteiger partial charge in [0, 0.05) is 28.0 Å². The molecule has 0 radical (unpaired) electrons. The number of benzene rings is 1. The molecule has 82 valence electrons. The second-order valence-electron chi connectivity index (χ2n) is 3.18. The van der Waals surface area contributed by atoms with E-state index in [0.717, 1.165) is 15.6 Å². The maximum atomic E-state index is 5.91. The van der Waals surface area contributed by atoms with Crippen molar-refractivity contribution in [1.82, 2.24) is 9.97 Å². The first kappa shape index (κ1) is 11.8. The Kier molecular flexibility index (Phi) is 3.79. The second kappa shape index (κ2) is 5.13. The van der Waals surface area contributed by atoms with Gasteiger partial charge in [-0.05, 0) is 34.1 Å². The fourth-order valence-electron chi connectivity index (χ4n) is 1.21. The van der Waals surface area contributed by atoms with Crippen molar-refractivity contribution in [1.29, 1.82) is 0 Å². The molecule has 2 nitrogen and oxygen atoms in total. The average molecular weight is 318 g/mol.